The van der Waals surface area contributed by atoms with E-state index in [0.29, 0.717) is 11.6 Å². The smallest absolute Gasteiger partial charge is 0.264 e. The van der Waals surface area contributed by atoms with Crippen molar-refractivity contribution in [3.05, 3.63) is 93.4 Å². The van der Waals surface area contributed by atoms with E-state index in [1.807, 2.05) is 13.8 Å². The van der Waals surface area contributed by atoms with Gasteiger partial charge in [0.05, 0.1) is 20.6 Å². The maximum atomic E-state index is 13.9. The van der Waals surface area contributed by atoms with Crippen LogP contribution in [0.3, 0.4) is 0 Å². The van der Waals surface area contributed by atoms with Gasteiger partial charge in [-0.25, -0.2) is 8.42 Å². The topological polar surface area (TPSA) is 86.8 Å². The Morgan fingerprint density at radius 1 is 0.872 bits per heavy atom. The molecule has 0 radical (unpaired) electrons. The van der Waals surface area contributed by atoms with E-state index >= 15 is 0 Å². The fraction of sp³-hybridized carbons (Fsp3) is 0.286. The molecule has 3 aromatic carbocycles. The van der Waals surface area contributed by atoms with Gasteiger partial charge in [0, 0.05) is 18.1 Å². The van der Waals surface area contributed by atoms with Crippen LogP contribution in [0.15, 0.2) is 77.7 Å². The first kappa shape index (κ1) is 30.8. The molecule has 0 unspecified atom stereocenters. The number of nitrogens with one attached hydrogen (secondary N) is 1. The van der Waals surface area contributed by atoms with Crippen LogP contribution in [0, 0.1) is 5.92 Å². The monoisotopic (exact) mass is 609 g/mol. The number of sulfonamides is 1. The number of hydrogen-bond donors (Lipinski definition) is 1. The van der Waals surface area contributed by atoms with Crippen LogP contribution < -0.4 is 9.62 Å². The van der Waals surface area contributed by atoms with Crippen molar-refractivity contribution in [1.82, 2.24) is 10.2 Å². The summed E-state index contributed by atoms with van der Waals surface area (Å²) in [6.45, 7) is 5.39. The first-order valence-corrected chi connectivity index (χ1v) is 14.8. The molecule has 0 spiro atoms. The highest BCUT2D eigenvalue weighted by Gasteiger charge is 2.33. The first-order valence-electron chi connectivity index (χ1n) is 12.2. The summed E-state index contributed by atoms with van der Waals surface area (Å²) in [5.41, 5.74) is 0.763. The SMILES string of the molecule is CC(C)CNC(=O)[C@@H](C)N(Cc1ccc(Cl)cc1)C(=O)CN(c1cccc(Cl)c1Cl)S(=O)(=O)c1ccccc1. The van der Waals surface area contributed by atoms with Crippen LogP contribution in [-0.2, 0) is 26.2 Å². The number of nitrogens with zero attached hydrogens (tertiary/aromatic N) is 2. The van der Waals surface area contributed by atoms with Crippen LogP contribution in [0.25, 0.3) is 0 Å². The lowest BCUT2D eigenvalue weighted by Gasteiger charge is -2.32. The molecule has 0 saturated carbocycles. The van der Waals surface area contributed by atoms with Gasteiger partial charge >= 0.3 is 0 Å². The molecular weight excluding hydrogens is 581 g/mol. The highest BCUT2D eigenvalue weighted by atomic mass is 35.5. The van der Waals surface area contributed by atoms with E-state index in [2.05, 4.69) is 5.32 Å². The second-order valence-electron chi connectivity index (χ2n) is 9.36. The number of rotatable bonds is 11. The summed E-state index contributed by atoms with van der Waals surface area (Å²) in [7, 11) is -4.24. The zero-order valence-corrected chi connectivity index (χ0v) is 24.9. The molecule has 11 heteroatoms. The van der Waals surface area contributed by atoms with E-state index in [-0.39, 0.29) is 39.0 Å². The third-order valence-electron chi connectivity index (χ3n) is 5.93. The summed E-state index contributed by atoms with van der Waals surface area (Å²) in [6, 6.07) is 18.2. The predicted molar refractivity (Wildman–Crippen MR) is 157 cm³/mol. The van der Waals surface area contributed by atoms with Gasteiger partial charge < -0.3 is 10.2 Å². The molecule has 0 bridgehead atoms. The summed E-state index contributed by atoms with van der Waals surface area (Å²) in [6.07, 6.45) is 0. The van der Waals surface area contributed by atoms with Crippen molar-refractivity contribution in [3.8, 4) is 0 Å². The Labute approximate surface area is 244 Å². The Kier molecular flexibility index (Phi) is 10.7. The lowest BCUT2D eigenvalue weighted by molar-refractivity contribution is -0.139. The zero-order valence-electron chi connectivity index (χ0n) is 21.8. The number of benzene rings is 3. The normalized spacial score (nSPS) is 12.2. The van der Waals surface area contributed by atoms with E-state index in [0.717, 1.165) is 9.87 Å². The lowest BCUT2D eigenvalue weighted by Crippen LogP contribution is -2.51. The number of hydrogen-bond acceptors (Lipinski definition) is 4. The van der Waals surface area contributed by atoms with E-state index < -0.39 is 28.5 Å². The fourth-order valence-electron chi connectivity index (χ4n) is 3.74. The Balaban J connectivity index is 2.04. The molecule has 2 amide bonds. The Morgan fingerprint density at radius 3 is 2.13 bits per heavy atom. The Morgan fingerprint density at radius 2 is 1.51 bits per heavy atom. The van der Waals surface area contributed by atoms with E-state index in [9.17, 15) is 18.0 Å². The molecule has 0 fully saturated rings. The van der Waals surface area contributed by atoms with Crippen molar-refractivity contribution in [3.63, 3.8) is 0 Å². The summed E-state index contributed by atoms with van der Waals surface area (Å²) < 4.78 is 28.5. The molecule has 0 aromatic heterocycles. The highest BCUT2D eigenvalue weighted by Crippen LogP contribution is 2.35. The predicted octanol–water partition coefficient (Wildman–Crippen LogP) is 6.03. The number of anilines is 1. The van der Waals surface area contributed by atoms with Crippen LogP contribution >= 0.6 is 34.8 Å². The summed E-state index contributed by atoms with van der Waals surface area (Å²) in [4.78, 5) is 28.2. The van der Waals surface area contributed by atoms with Gasteiger partial charge in [-0.3, -0.25) is 13.9 Å². The number of carbonyl (C=O) groups excluding carboxylic acids is 2. The van der Waals surface area contributed by atoms with E-state index in [1.165, 1.54) is 29.2 Å². The molecule has 0 saturated heterocycles. The number of halogens is 3. The molecule has 1 atom stereocenters. The van der Waals surface area contributed by atoms with Crippen LogP contribution in [0.5, 0.6) is 0 Å². The second kappa shape index (κ2) is 13.5. The maximum Gasteiger partial charge on any atom is 0.264 e. The van der Waals surface area contributed by atoms with Crippen molar-refractivity contribution < 1.29 is 18.0 Å². The standard InChI is InChI=1S/C28H30Cl3N3O4S/c1-19(2)16-32-28(36)20(3)33(17-21-12-14-22(29)15-13-21)26(35)18-34(25-11-7-10-24(30)27(25)31)39(37,38)23-8-5-4-6-9-23/h4-15,19-20H,16-18H2,1-3H3,(H,32,36)/t20-/m1/s1. The minimum atomic E-state index is -4.24. The van der Waals surface area contributed by atoms with Gasteiger partial charge in [0.25, 0.3) is 10.0 Å². The van der Waals surface area contributed by atoms with Crippen LogP contribution in [-0.4, -0.2) is 44.3 Å². The Hall–Kier alpha value is -2.78. The van der Waals surface area contributed by atoms with Crippen LogP contribution in [0.1, 0.15) is 26.3 Å². The van der Waals surface area contributed by atoms with Gasteiger partial charge in [-0.2, -0.15) is 0 Å². The molecule has 0 aliphatic carbocycles. The van der Waals surface area contributed by atoms with Crippen molar-refractivity contribution in [2.75, 3.05) is 17.4 Å². The Bertz CT molecular complexity index is 1400. The maximum absolute atomic E-state index is 13.9. The lowest BCUT2D eigenvalue weighted by atomic mass is 10.1. The highest BCUT2D eigenvalue weighted by molar-refractivity contribution is 7.92. The molecular formula is C28H30Cl3N3O4S. The molecule has 0 aliphatic heterocycles. The van der Waals surface area contributed by atoms with Gasteiger partial charge in [0.1, 0.15) is 12.6 Å². The minimum absolute atomic E-state index is 0.0153. The van der Waals surface area contributed by atoms with E-state index in [1.54, 1.807) is 55.5 Å². The molecule has 3 aromatic rings. The molecule has 1 N–H and O–H groups in total. The molecule has 39 heavy (non-hydrogen) atoms. The van der Waals surface area contributed by atoms with Crippen LogP contribution in [0.4, 0.5) is 5.69 Å². The largest absolute Gasteiger partial charge is 0.354 e. The molecule has 7 nitrogen and oxygen atoms in total. The van der Waals surface area contributed by atoms with Gasteiger partial charge in [0.2, 0.25) is 11.8 Å². The molecule has 0 heterocycles. The fourth-order valence-corrected chi connectivity index (χ4v) is 5.76. The quantitative estimate of drug-likeness (QED) is 0.287. The van der Waals surface area contributed by atoms with Gasteiger partial charge in [-0.15, -0.1) is 0 Å². The van der Waals surface area contributed by atoms with Crippen molar-refractivity contribution in [2.45, 2.75) is 38.3 Å². The summed E-state index contributed by atoms with van der Waals surface area (Å²) in [5, 5.41) is 3.49. The van der Waals surface area contributed by atoms with Crippen LogP contribution in [0.2, 0.25) is 15.1 Å². The van der Waals surface area contributed by atoms with Gasteiger partial charge in [-0.1, -0.05) is 85.0 Å². The van der Waals surface area contributed by atoms with Crippen molar-refractivity contribution in [1.29, 1.82) is 0 Å². The van der Waals surface area contributed by atoms with E-state index in [4.69, 9.17) is 34.8 Å². The summed E-state index contributed by atoms with van der Waals surface area (Å²) in [5.74, 6) is -0.755. The minimum Gasteiger partial charge on any atom is -0.354 e. The molecule has 208 valence electrons. The average molecular weight is 611 g/mol. The average Bonchev–Trinajstić information content (AvgIpc) is 2.91. The van der Waals surface area contributed by atoms with Gasteiger partial charge in [0.15, 0.2) is 0 Å². The number of amides is 2. The summed E-state index contributed by atoms with van der Waals surface area (Å²) >= 11 is 18.7. The zero-order chi connectivity index (χ0) is 28.7. The first-order chi connectivity index (χ1) is 18.4. The molecule has 3 rings (SSSR count). The van der Waals surface area contributed by atoms with Crippen molar-refractivity contribution >= 4 is 62.3 Å². The third-order valence-corrected chi connectivity index (χ3v) is 8.76. The number of carbonyl (C=O) groups is 2. The van der Waals surface area contributed by atoms with Crippen molar-refractivity contribution in [2.24, 2.45) is 5.92 Å². The van der Waals surface area contributed by atoms with Gasteiger partial charge in [-0.05, 0) is 54.8 Å². The third kappa shape index (κ3) is 7.88. The molecule has 0 aliphatic rings. The second-order valence-corrected chi connectivity index (χ2v) is 12.4.